The van der Waals surface area contributed by atoms with E-state index >= 15 is 0 Å². The van der Waals surface area contributed by atoms with Crippen LogP contribution in [0.5, 0.6) is 0 Å². The van der Waals surface area contributed by atoms with Crippen LogP contribution in [0.3, 0.4) is 0 Å². The first-order valence-corrected chi connectivity index (χ1v) is 8.15. The summed E-state index contributed by atoms with van der Waals surface area (Å²) in [6.07, 6.45) is -1.50. The van der Waals surface area contributed by atoms with Crippen LogP contribution in [0.1, 0.15) is 41.5 Å². The summed E-state index contributed by atoms with van der Waals surface area (Å²) in [7, 11) is 0. The van der Waals surface area contributed by atoms with Crippen molar-refractivity contribution in [1.29, 1.82) is 0 Å². The van der Waals surface area contributed by atoms with Gasteiger partial charge >= 0.3 is 12.2 Å². The number of carbonyl (C=O) groups excluding carboxylic acids is 3. The van der Waals surface area contributed by atoms with Gasteiger partial charge in [0.2, 0.25) is 0 Å². The third-order valence-corrected chi connectivity index (χ3v) is 2.56. The molecule has 8 heteroatoms. The van der Waals surface area contributed by atoms with Crippen molar-refractivity contribution in [1.82, 2.24) is 5.32 Å². The first kappa shape index (κ1) is 21.3. The average molecular weight is 364 g/mol. The molecule has 0 unspecified atom stereocenters. The fourth-order valence-electron chi connectivity index (χ4n) is 1.73. The molecule has 2 N–H and O–H groups in total. The summed E-state index contributed by atoms with van der Waals surface area (Å²) >= 11 is 0. The van der Waals surface area contributed by atoms with Gasteiger partial charge in [-0.05, 0) is 59.7 Å². The maximum atomic E-state index is 11.8. The third kappa shape index (κ3) is 9.51. The first-order valence-electron chi connectivity index (χ1n) is 8.15. The number of ether oxygens (including phenoxy) is 2. The predicted octanol–water partition coefficient (Wildman–Crippen LogP) is 3.51. The second kappa shape index (κ2) is 8.55. The van der Waals surface area contributed by atoms with Crippen LogP contribution in [0, 0.1) is 0 Å². The highest BCUT2D eigenvalue weighted by atomic mass is 16.6. The van der Waals surface area contributed by atoms with Crippen LogP contribution in [-0.2, 0) is 14.3 Å². The van der Waals surface area contributed by atoms with Crippen LogP contribution >= 0.6 is 0 Å². The maximum Gasteiger partial charge on any atom is 0.437 e. The lowest BCUT2D eigenvalue weighted by molar-refractivity contribution is -0.119. The van der Waals surface area contributed by atoms with Crippen molar-refractivity contribution < 1.29 is 23.9 Å². The lowest BCUT2D eigenvalue weighted by Gasteiger charge is -2.20. The highest BCUT2D eigenvalue weighted by Gasteiger charge is 2.20. The van der Waals surface area contributed by atoms with Crippen LogP contribution in [0.25, 0.3) is 0 Å². The van der Waals surface area contributed by atoms with Crippen molar-refractivity contribution in [2.24, 2.45) is 0 Å². The van der Waals surface area contributed by atoms with E-state index in [2.05, 4.69) is 16.0 Å². The van der Waals surface area contributed by atoms with Gasteiger partial charge in [-0.3, -0.25) is 10.1 Å². The van der Waals surface area contributed by atoms with Crippen molar-refractivity contribution in [3.8, 4) is 0 Å². The van der Waals surface area contributed by atoms with Crippen LogP contribution in [0.2, 0.25) is 0 Å². The topological polar surface area (TPSA) is 108 Å². The molecule has 8 nitrogen and oxygen atoms in total. The number of carbonyl (C=O) groups is 3. The minimum atomic E-state index is -0.926. The molecule has 0 aliphatic heterocycles. The molecule has 1 rings (SSSR count). The molecule has 0 aliphatic carbocycles. The molecule has 1 radical (unpaired) electrons. The van der Waals surface area contributed by atoms with Gasteiger partial charge in [0, 0.05) is 11.4 Å². The van der Waals surface area contributed by atoms with E-state index in [4.69, 9.17) is 9.47 Å². The summed E-state index contributed by atoms with van der Waals surface area (Å²) in [4.78, 5) is 34.9. The third-order valence-electron chi connectivity index (χ3n) is 2.56. The predicted molar refractivity (Wildman–Crippen MR) is 98.2 cm³/mol. The molecule has 26 heavy (non-hydrogen) atoms. The van der Waals surface area contributed by atoms with Crippen molar-refractivity contribution in [2.45, 2.75) is 52.7 Å². The molecule has 0 spiro atoms. The molecule has 0 fully saturated rings. The van der Waals surface area contributed by atoms with Gasteiger partial charge in [0.15, 0.2) is 0 Å². The molecule has 1 aromatic carbocycles. The number of hydrogen-bond acceptors (Lipinski definition) is 6. The Hall–Kier alpha value is -2.77. The molecule has 0 saturated carbocycles. The van der Waals surface area contributed by atoms with Crippen molar-refractivity contribution in [3.63, 3.8) is 0 Å². The quantitative estimate of drug-likeness (QED) is 0.846. The number of nitrogens with zero attached hydrogens (tertiary/aromatic N) is 1. The van der Waals surface area contributed by atoms with E-state index in [1.807, 2.05) is 0 Å². The van der Waals surface area contributed by atoms with E-state index in [0.29, 0.717) is 11.4 Å². The second-order valence-electron chi connectivity index (χ2n) is 7.55. The van der Waals surface area contributed by atoms with Gasteiger partial charge in [0.1, 0.15) is 11.2 Å². The standard InChI is InChI=1S/C18H26N3O5/c1-17(2,3)25-15(23)20-13-9-7-8-12(10-13)19-11-14(22)21-16(24)26-18(4,5)6/h7-10,19H,11H2,1-6H3,(H,20,23). The van der Waals surface area contributed by atoms with E-state index < -0.39 is 29.3 Å². The minimum Gasteiger partial charge on any atom is -0.444 e. The van der Waals surface area contributed by atoms with E-state index in [1.54, 1.807) is 65.8 Å². The van der Waals surface area contributed by atoms with Gasteiger partial charge in [-0.1, -0.05) is 6.07 Å². The van der Waals surface area contributed by atoms with Gasteiger partial charge in [0.25, 0.3) is 5.91 Å². The number of rotatable bonds is 4. The Morgan fingerprint density at radius 2 is 1.54 bits per heavy atom. The molecule has 0 saturated heterocycles. The number of imide groups is 1. The lowest BCUT2D eigenvalue weighted by Crippen LogP contribution is -2.34. The Bertz CT molecular complexity index is 660. The summed E-state index contributed by atoms with van der Waals surface area (Å²) in [5.74, 6) is -0.662. The van der Waals surface area contributed by atoms with Crippen LogP contribution < -0.4 is 16.0 Å². The molecule has 0 bridgehead atoms. The zero-order valence-electron chi connectivity index (χ0n) is 16.0. The highest BCUT2D eigenvalue weighted by molar-refractivity contribution is 5.93. The van der Waals surface area contributed by atoms with Crippen molar-refractivity contribution in [2.75, 3.05) is 17.2 Å². The SMILES string of the molecule is CC(C)(C)OC(=O)[N]C(=O)CNc1cccc(NC(=O)OC(C)(C)C)c1. The van der Waals surface area contributed by atoms with E-state index in [1.165, 1.54) is 0 Å². The second-order valence-corrected chi connectivity index (χ2v) is 7.55. The van der Waals surface area contributed by atoms with Gasteiger partial charge < -0.3 is 14.8 Å². The fourth-order valence-corrected chi connectivity index (χ4v) is 1.73. The van der Waals surface area contributed by atoms with E-state index in [0.717, 1.165) is 0 Å². The van der Waals surface area contributed by atoms with Crippen molar-refractivity contribution in [3.05, 3.63) is 24.3 Å². The lowest BCUT2D eigenvalue weighted by atomic mass is 10.2. The van der Waals surface area contributed by atoms with Gasteiger partial charge in [-0.2, -0.15) is 0 Å². The molecule has 143 valence electrons. The number of amides is 3. The van der Waals surface area contributed by atoms with E-state index in [9.17, 15) is 14.4 Å². The average Bonchev–Trinajstić information content (AvgIpc) is 2.41. The van der Waals surface area contributed by atoms with E-state index in [-0.39, 0.29) is 6.54 Å². The Balaban J connectivity index is 2.52. The molecular formula is C18H26N3O5. The maximum absolute atomic E-state index is 11.8. The number of hydrogen-bond donors (Lipinski definition) is 2. The fraction of sp³-hybridized carbons (Fsp3) is 0.500. The Morgan fingerprint density at radius 1 is 0.962 bits per heavy atom. The van der Waals surface area contributed by atoms with Gasteiger partial charge in [-0.25, -0.2) is 9.59 Å². The van der Waals surface area contributed by atoms with Crippen LogP contribution in [0.15, 0.2) is 24.3 Å². The number of anilines is 2. The largest absolute Gasteiger partial charge is 0.444 e. The number of nitrogens with one attached hydrogen (secondary N) is 2. The van der Waals surface area contributed by atoms with Crippen LogP contribution in [-0.4, -0.2) is 35.8 Å². The Kier molecular flexibility index (Phi) is 7.00. The molecule has 0 aromatic heterocycles. The Labute approximate surface area is 153 Å². The summed E-state index contributed by atoms with van der Waals surface area (Å²) in [5.41, 5.74) is -0.238. The monoisotopic (exact) mass is 364 g/mol. The van der Waals surface area contributed by atoms with Gasteiger partial charge in [-0.15, -0.1) is 5.32 Å². The number of benzene rings is 1. The molecule has 1 aromatic rings. The first-order chi connectivity index (χ1) is 11.8. The molecule has 0 heterocycles. The summed E-state index contributed by atoms with van der Waals surface area (Å²) < 4.78 is 10.1. The molecule has 0 aliphatic rings. The minimum absolute atomic E-state index is 0.185. The zero-order valence-corrected chi connectivity index (χ0v) is 16.0. The summed E-state index contributed by atoms with van der Waals surface area (Å²) in [5, 5.41) is 8.77. The highest BCUT2D eigenvalue weighted by Crippen LogP contribution is 2.16. The molecule has 3 amide bonds. The zero-order chi connectivity index (χ0) is 20.0. The smallest absolute Gasteiger partial charge is 0.437 e. The normalized spacial score (nSPS) is 11.3. The Morgan fingerprint density at radius 3 is 2.12 bits per heavy atom. The summed E-state index contributed by atoms with van der Waals surface area (Å²) in [6.45, 7) is 10.2. The molecular weight excluding hydrogens is 338 g/mol. The molecule has 0 atom stereocenters. The van der Waals surface area contributed by atoms with Crippen molar-refractivity contribution >= 4 is 29.5 Å². The summed E-state index contributed by atoms with van der Waals surface area (Å²) in [6, 6.07) is 6.72. The van der Waals surface area contributed by atoms with Gasteiger partial charge in [0.05, 0.1) is 6.54 Å². The van der Waals surface area contributed by atoms with Crippen LogP contribution in [0.4, 0.5) is 21.0 Å².